The number of hydrogen-bond donors (Lipinski definition) is 4. The first-order valence-electron chi connectivity index (χ1n) is 5.22. The summed E-state index contributed by atoms with van der Waals surface area (Å²) in [4.78, 5) is 0. The van der Waals surface area contributed by atoms with Gasteiger partial charge in [0.25, 0.3) is 0 Å². The third kappa shape index (κ3) is 11.8. The molecule has 0 unspecified atom stereocenters. The minimum atomic E-state index is 0.986. The first-order chi connectivity index (χ1) is 6.41. The minimum absolute atomic E-state index is 0.986. The van der Waals surface area contributed by atoms with Gasteiger partial charge in [0.15, 0.2) is 0 Å². The van der Waals surface area contributed by atoms with E-state index in [9.17, 15) is 0 Å². The summed E-state index contributed by atoms with van der Waals surface area (Å²) in [6, 6.07) is 0. The quantitative estimate of drug-likeness (QED) is 0.281. The highest BCUT2D eigenvalue weighted by Gasteiger charge is 1.86. The van der Waals surface area contributed by atoms with Crippen molar-refractivity contribution in [3.63, 3.8) is 0 Å². The molecule has 4 nitrogen and oxygen atoms in total. The van der Waals surface area contributed by atoms with Crippen LogP contribution in [0.2, 0.25) is 0 Å². The maximum Gasteiger partial charge on any atom is 0.0225 e. The number of rotatable bonds is 10. The summed E-state index contributed by atoms with van der Waals surface area (Å²) in [5, 5.41) is 6.43. The van der Waals surface area contributed by atoms with Crippen molar-refractivity contribution in [2.45, 2.75) is 19.8 Å². The Bertz CT molecular complexity index is 77.7. The van der Waals surface area contributed by atoms with E-state index in [0.29, 0.717) is 0 Å². The van der Waals surface area contributed by atoms with Gasteiger partial charge in [-0.1, -0.05) is 6.92 Å². The normalized spacial score (nSPS) is 10.6. The first-order valence-corrected chi connectivity index (χ1v) is 5.22. The molecule has 0 aromatic heterocycles. The molecular weight excluding hydrogens is 164 g/mol. The van der Waals surface area contributed by atoms with E-state index in [0.717, 1.165) is 39.1 Å². The third-order valence-electron chi connectivity index (χ3n) is 1.71. The molecule has 13 heavy (non-hydrogen) atoms. The highest BCUT2D eigenvalue weighted by Crippen LogP contribution is 1.69. The Morgan fingerprint density at radius 1 is 0.846 bits per heavy atom. The second-order valence-electron chi connectivity index (χ2n) is 3.06. The van der Waals surface area contributed by atoms with Gasteiger partial charge < -0.3 is 10.6 Å². The van der Waals surface area contributed by atoms with Crippen LogP contribution in [0, 0.1) is 0 Å². The van der Waals surface area contributed by atoms with E-state index >= 15 is 0 Å². The van der Waals surface area contributed by atoms with Crippen molar-refractivity contribution in [3.05, 3.63) is 0 Å². The molecule has 0 aliphatic rings. The Balaban J connectivity index is 2.76. The van der Waals surface area contributed by atoms with Crippen LogP contribution in [0.15, 0.2) is 0 Å². The molecule has 0 radical (unpaired) electrons. The molecule has 0 amide bonds. The first kappa shape index (κ1) is 12.8. The fraction of sp³-hybridized carbons (Fsp3) is 1.00. The van der Waals surface area contributed by atoms with Gasteiger partial charge in [0.2, 0.25) is 0 Å². The molecule has 0 saturated carbocycles. The predicted molar refractivity (Wildman–Crippen MR) is 57.7 cm³/mol. The highest BCUT2D eigenvalue weighted by atomic mass is 15.3. The van der Waals surface area contributed by atoms with Crippen LogP contribution in [0.1, 0.15) is 19.8 Å². The van der Waals surface area contributed by atoms with Crippen LogP contribution >= 0.6 is 0 Å². The smallest absolute Gasteiger partial charge is 0.0225 e. The van der Waals surface area contributed by atoms with E-state index in [1.807, 2.05) is 7.05 Å². The molecule has 0 atom stereocenters. The Morgan fingerprint density at radius 3 is 2.31 bits per heavy atom. The van der Waals surface area contributed by atoms with E-state index in [4.69, 9.17) is 0 Å². The van der Waals surface area contributed by atoms with Crippen LogP contribution in [0.4, 0.5) is 0 Å². The van der Waals surface area contributed by atoms with Gasteiger partial charge in [-0.05, 0) is 33.0 Å². The van der Waals surface area contributed by atoms with Crippen LogP contribution in [0.3, 0.4) is 0 Å². The third-order valence-corrected chi connectivity index (χ3v) is 1.71. The fourth-order valence-electron chi connectivity index (χ4n) is 0.983. The SMILES string of the molecule is CCCNCCNNCCCNC. The van der Waals surface area contributed by atoms with E-state index < -0.39 is 0 Å². The molecule has 0 aromatic carbocycles. The lowest BCUT2D eigenvalue weighted by molar-refractivity contribution is 0.501. The van der Waals surface area contributed by atoms with E-state index in [1.165, 1.54) is 6.42 Å². The molecule has 80 valence electrons. The molecular formula is C9H24N4. The molecule has 0 aliphatic carbocycles. The molecule has 4 N–H and O–H groups in total. The summed E-state index contributed by atoms with van der Waals surface area (Å²) in [5.74, 6) is 0. The average molecular weight is 188 g/mol. The van der Waals surface area contributed by atoms with Gasteiger partial charge in [0.05, 0.1) is 0 Å². The monoisotopic (exact) mass is 188 g/mol. The molecule has 0 heterocycles. The van der Waals surface area contributed by atoms with Crippen molar-refractivity contribution in [3.8, 4) is 0 Å². The predicted octanol–water partition coefficient (Wildman–Crippen LogP) is -0.310. The molecule has 0 bridgehead atoms. The second kappa shape index (κ2) is 11.8. The van der Waals surface area contributed by atoms with Crippen LogP contribution in [-0.2, 0) is 0 Å². The Labute approximate surface area is 81.8 Å². The van der Waals surface area contributed by atoms with Crippen molar-refractivity contribution in [1.29, 1.82) is 0 Å². The average Bonchev–Trinajstić information content (AvgIpc) is 2.16. The minimum Gasteiger partial charge on any atom is -0.320 e. The van der Waals surface area contributed by atoms with Crippen LogP contribution in [0.25, 0.3) is 0 Å². The molecule has 0 aromatic rings. The van der Waals surface area contributed by atoms with Gasteiger partial charge in [0, 0.05) is 19.6 Å². The lowest BCUT2D eigenvalue weighted by Crippen LogP contribution is -2.38. The van der Waals surface area contributed by atoms with Crippen molar-refractivity contribution >= 4 is 0 Å². The van der Waals surface area contributed by atoms with Gasteiger partial charge in [-0.2, -0.15) is 0 Å². The van der Waals surface area contributed by atoms with E-state index in [2.05, 4.69) is 28.4 Å². The topological polar surface area (TPSA) is 48.1 Å². The fourth-order valence-corrected chi connectivity index (χ4v) is 0.983. The van der Waals surface area contributed by atoms with Gasteiger partial charge in [-0.3, -0.25) is 10.9 Å². The molecule has 0 aliphatic heterocycles. The van der Waals surface area contributed by atoms with Gasteiger partial charge >= 0.3 is 0 Å². The maximum atomic E-state index is 3.32. The molecule has 0 rings (SSSR count). The largest absolute Gasteiger partial charge is 0.320 e. The summed E-state index contributed by atoms with van der Waals surface area (Å²) >= 11 is 0. The van der Waals surface area contributed by atoms with Crippen molar-refractivity contribution in [2.75, 3.05) is 39.8 Å². The van der Waals surface area contributed by atoms with E-state index in [-0.39, 0.29) is 0 Å². The zero-order chi connectivity index (χ0) is 9.78. The van der Waals surface area contributed by atoms with Crippen LogP contribution in [0.5, 0.6) is 0 Å². The molecule has 4 heteroatoms. The molecule has 0 spiro atoms. The maximum absolute atomic E-state index is 3.32. The van der Waals surface area contributed by atoms with Crippen molar-refractivity contribution < 1.29 is 0 Å². The standard InChI is InChI=1S/C9H24N4/c1-3-5-11-8-9-13-12-7-4-6-10-2/h10-13H,3-9H2,1-2H3. The summed E-state index contributed by atoms with van der Waals surface area (Å²) in [7, 11) is 1.97. The molecule has 0 fully saturated rings. The van der Waals surface area contributed by atoms with Crippen molar-refractivity contribution in [2.24, 2.45) is 0 Å². The van der Waals surface area contributed by atoms with Crippen LogP contribution < -0.4 is 21.5 Å². The Kier molecular flexibility index (Phi) is 11.7. The zero-order valence-corrected chi connectivity index (χ0v) is 8.95. The number of hydrazine groups is 1. The summed E-state index contributed by atoms with van der Waals surface area (Å²) in [5.41, 5.74) is 6.33. The summed E-state index contributed by atoms with van der Waals surface area (Å²) < 4.78 is 0. The second-order valence-corrected chi connectivity index (χ2v) is 3.06. The number of nitrogens with one attached hydrogen (secondary N) is 4. The van der Waals surface area contributed by atoms with Crippen molar-refractivity contribution in [1.82, 2.24) is 21.5 Å². The molecule has 0 saturated heterocycles. The van der Waals surface area contributed by atoms with Crippen LogP contribution in [-0.4, -0.2) is 39.8 Å². The van der Waals surface area contributed by atoms with Gasteiger partial charge in [0.1, 0.15) is 0 Å². The number of hydrogen-bond acceptors (Lipinski definition) is 4. The Hall–Kier alpha value is -0.160. The summed E-state index contributed by atoms with van der Waals surface area (Å²) in [6.07, 6.45) is 2.36. The van der Waals surface area contributed by atoms with Gasteiger partial charge in [-0.15, -0.1) is 0 Å². The summed E-state index contributed by atoms with van der Waals surface area (Å²) in [6.45, 7) is 7.40. The van der Waals surface area contributed by atoms with E-state index in [1.54, 1.807) is 0 Å². The van der Waals surface area contributed by atoms with Gasteiger partial charge in [-0.25, -0.2) is 0 Å². The lowest BCUT2D eigenvalue weighted by Gasteiger charge is -2.07. The zero-order valence-electron chi connectivity index (χ0n) is 8.95. The highest BCUT2D eigenvalue weighted by molar-refractivity contribution is 4.49. The Morgan fingerprint density at radius 2 is 1.62 bits per heavy atom. The lowest BCUT2D eigenvalue weighted by atomic mass is 10.4.